The summed E-state index contributed by atoms with van der Waals surface area (Å²) in [5, 5.41) is 5.79. The van der Waals surface area contributed by atoms with Crippen molar-refractivity contribution < 1.29 is 14.3 Å². The van der Waals surface area contributed by atoms with Crippen LogP contribution in [-0.4, -0.2) is 49.1 Å². The summed E-state index contributed by atoms with van der Waals surface area (Å²) in [6.45, 7) is 3.18. The number of benzene rings is 2. The summed E-state index contributed by atoms with van der Waals surface area (Å²) in [5.41, 5.74) is 2.01. The highest BCUT2D eigenvalue weighted by atomic mass is 16.5. The highest BCUT2D eigenvalue weighted by Crippen LogP contribution is 2.24. The number of nitrogens with one attached hydrogen (secondary N) is 2. The van der Waals surface area contributed by atoms with Crippen LogP contribution in [0.3, 0.4) is 0 Å². The Bertz CT molecular complexity index is 795. The molecule has 1 atom stereocenters. The van der Waals surface area contributed by atoms with Crippen molar-refractivity contribution in [3.8, 4) is 0 Å². The van der Waals surface area contributed by atoms with Crippen molar-refractivity contribution in [2.24, 2.45) is 5.92 Å². The van der Waals surface area contributed by atoms with Gasteiger partial charge in [0.25, 0.3) is 5.91 Å². The van der Waals surface area contributed by atoms with Gasteiger partial charge in [0, 0.05) is 42.7 Å². The molecule has 2 aromatic rings. The number of nitrogens with zero attached hydrogens (tertiary/aromatic N) is 1. The molecule has 0 radical (unpaired) electrons. The van der Waals surface area contributed by atoms with E-state index >= 15 is 0 Å². The van der Waals surface area contributed by atoms with Gasteiger partial charge in [0.2, 0.25) is 5.91 Å². The molecule has 1 unspecified atom stereocenters. The zero-order valence-electron chi connectivity index (χ0n) is 15.1. The molecule has 2 saturated heterocycles. The summed E-state index contributed by atoms with van der Waals surface area (Å²) in [4.78, 5) is 26.9. The smallest absolute Gasteiger partial charge is 0.255 e. The lowest BCUT2D eigenvalue weighted by Crippen LogP contribution is -2.56. The molecule has 27 heavy (non-hydrogen) atoms. The summed E-state index contributed by atoms with van der Waals surface area (Å²) in [6, 6.07) is 16.8. The fourth-order valence-corrected chi connectivity index (χ4v) is 3.46. The molecular weight excluding hydrogens is 342 g/mol. The first-order chi connectivity index (χ1) is 13.2. The van der Waals surface area contributed by atoms with Crippen LogP contribution in [0.25, 0.3) is 0 Å². The number of amides is 2. The molecule has 140 valence electrons. The lowest BCUT2D eigenvalue weighted by molar-refractivity contribution is -0.126. The standard InChI is InChI=1S/C21H23N3O3/c25-20(22-17-4-2-1-3-5-17)15-6-8-18(9-7-15)23-21(26)16-12-24(13-16)19-10-11-27-14-19/h1-9,16,19H,10-14H2,(H,22,25)(H,23,26). The van der Waals surface area contributed by atoms with E-state index in [1.165, 1.54) is 0 Å². The van der Waals surface area contributed by atoms with Crippen LogP contribution in [0, 0.1) is 5.92 Å². The predicted octanol–water partition coefficient (Wildman–Crippen LogP) is 2.60. The maximum atomic E-state index is 12.4. The Morgan fingerprint density at radius 2 is 1.63 bits per heavy atom. The molecular formula is C21H23N3O3. The van der Waals surface area contributed by atoms with Gasteiger partial charge < -0.3 is 15.4 Å². The molecule has 0 saturated carbocycles. The van der Waals surface area contributed by atoms with Gasteiger partial charge in [0.05, 0.1) is 12.5 Å². The summed E-state index contributed by atoms with van der Waals surface area (Å²) in [6.07, 6.45) is 1.06. The van der Waals surface area contributed by atoms with E-state index in [-0.39, 0.29) is 17.7 Å². The molecule has 2 aromatic carbocycles. The monoisotopic (exact) mass is 365 g/mol. The number of likely N-dealkylation sites (tertiary alicyclic amines) is 1. The molecule has 0 aromatic heterocycles. The van der Waals surface area contributed by atoms with Gasteiger partial charge in [-0.1, -0.05) is 18.2 Å². The van der Waals surface area contributed by atoms with Crippen molar-refractivity contribution in [1.29, 1.82) is 0 Å². The Morgan fingerprint density at radius 3 is 2.30 bits per heavy atom. The minimum absolute atomic E-state index is 0.0201. The predicted molar refractivity (Wildman–Crippen MR) is 104 cm³/mol. The van der Waals surface area contributed by atoms with E-state index in [2.05, 4.69) is 15.5 Å². The van der Waals surface area contributed by atoms with Gasteiger partial charge in [-0.3, -0.25) is 14.5 Å². The highest BCUT2D eigenvalue weighted by molar-refractivity contribution is 6.04. The zero-order chi connectivity index (χ0) is 18.6. The first-order valence-corrected chi connectivity index (χ1v) is 9.28. The average molecular weight is 365 g/mol. The number of para-hydroxylation sites is 1. The third kappa shape index (κ3) is 4.18. The SMILES string of the molecule is O=C(Nc1ccccc1)c1ccc(NC(=O)C2CN(C3CCOC3)C2)cc1. The second-order valence-corrected chi connectivity index (χ2v) is 7.05. The fraction of sp³-hybridized carbons (Fsp3) is 0.333. The molecule has 2 fully saturated rings. The van der Waals surface area contributed by atoms with Crippen LogP contribution in [0.2, 0.25) is 0 Å². The minimum Gasteiger partial charge on any atom is -0.380 e. The zero-order valence-corrected chi connectivity index (χ0v) is 15.1. The molecule has 2 amide bonds. The maximum absolute atomic E-state index is 12.4. The van der Waals surface area contributed by atoms with Crippen LogP contribution in [0.4, 0.5) is 11.4 Å². The van der Waals surface area contributed by atoms with Crippen LogP contribution < -0.4 is 10.6 Å². The van der Waals surface area contributed by atoms with Crippen LogP contribution in [0.5, 0.6) is 0 Å². The molecule has 0 spiro atoms. The van der Waals surface area contributed by atoms with Crippen molar-refractivity contribution >= 4 is 23.2 Å². The van der Waals surface area contributed by atoms with Crippen molar-refractivity contribution in [3.63, 3.8) is 0 Å². The van der Waals surface area contributed by atoms with Gasteiger partial charge in [-0.05, 0) is 42.8 Å². The Hall–Kier alpha value is -2.70. The van der Waals surface area contributed by atoms with E-state index in [0.717, 1.165) is 38.4 Å². The Morgan fingerprint density at radius 1 is 0.926 bits per heavy atom. The van der Waals surface area contributed by atoms with Crippen LogP contribution in [0.15, 0.2) is 54.6 Å². The van der Waals surface area contributed by atoms with Crippen molar-refractivity contribution in [2.75, 3.05) is 36.9 Å². The number of carbonyl (C=O) groups excluding carboxylic acids is 2. The largest absolute Gasteiger partial charge is 0.380 e. The van der Waals surface area contributed by atoms with Crippen molar-refractivity contribution in [1.82, 2.24) is 4.90 Å². The summed E-state index contributed by atoms with van der Waals surface area (Å²) < 4.78 is 5.40. The van der Waals surface area contributed by atoms with E-state index in [4.69, 9.17) is 4.74 Å². The second-order valence-electron chi connectivity index (χ2n) is 7.05. The van der Waals surface area contributed by atoms with Crippen molar-refractivity contribution in [3.05, 3.63) is 60.2 Å². The number of rotatable bonds is 5. The molecule has 2 aliphatic heterocycles. The van der Waals surface area contributed by atoms with Gasteiger partial charge in [0.1, 0.15) is 0 Å². The summed E-state index contributed by atoms with van der Waals surface area (Å²) in [5.74, 6) is -0.120. The van der Waals surface area contributed by atoms with Gasteiger partial charge in [-0.25, -0.2) is 0 Å². The summed E-state index contributed by atoms with van der Waals surface area (Å²) >= 11 is 0. The number of hydrogen-bond acceptors (Lipinski definition) is 4. The van der Waals surface area contributed by atoms with Crippen LogP contribution in [-0.2, 0) is 9.53 Å². The number of ether oxygens (including phenoxy) is 1. The number of anilines is 2. The van der Waals surface area contributed by atoms with Crippen molar-refractivity contribution in [2.45, 2.75) is 12.5 Å². The quantitative estimate of drug-likeness (QED) is 0.854. The number of carbonyl (C=O) groups is 2. The van der Waals surface area contributed by atoms with Gasteiger partial charge >= 0.3 is 0 Å². The van der Waals surface area contributed by atoms with Gasteiger partial charge in [0.15, 0.2) is 0 Å². The second kappa shape index (κ2) is 7.90. The molecule has 6 nitrogen and oxygen atoms in total. The lowest BCUT2D eigenvalue weighted by atomic mass is 9.96. The maximum Gasteiger partial charge on any atom is 0.255 e. The molecule has 0 bridgehead atoms. The number of hydrogen-bond donors (Lipinski definition) is 2. The molecule has 4 rings (SSSR count). The lowest BCUT2D eigenvalue weighted by Gasteiger charge is -2.41. The van der Waals surface area contributed by atoms with E-state index in [1.807, 2.05) is 30.3 Å². The molecule has 2 aliphatic rings. The topological polar surface area (TPSA) is 70.7 Å². The third-order valence-electron chi connectivity index (χ3n) is 5.15. The Kier molecular flexibility index (Phi) is 5.18. The average Bonchev–Trinajstić information content (AvgIpc) is 3.16. The molecule has 2 N–H and O–H groups in total. The van der Waals surface area contributed by atoms with E-state index in [0.29, 0.717) is 17.3 Å². The Labute approximate surface area is 158 Å². The fourth-order valence-electron chi connectivity index (χ4n) is 3.46. The normalized spacial score (nSPS) is 20.1. The van der Waals surface area contributed by atoms with Gasteiger partial charge in [-0.15, -0.1) is 0 Å². The first-order valence-electron chi connectivity index (χ1n) is 9.28. The van der Waals surface area contributed by atoms with Crippen LogP contribution >= 0.6 is 0 Å². The Balaban J connectivity index is 1.28. The summed E-state index contributed by atoms with van der Waals surface area (Å²) in [7, 11) is 0. The van der Waals surface area contributed by atoms with Crippen LogP contribution in [0.1, 0.15) is 16.8 Å². The third-order valence-corrected chi connectivity index (χ3v) is 5.15. The van der Waals surface area contributed by atoms with E-state index in [9.17, 15) is 9.59 Å². The highest BCUT2D eigenvalue weighted by Gasteiger charge is 2.37. The first kappa shape index (κ1) is 17.7. The molecule has 0 aliphatic carbocycles. The minimum atomic E-state index is -0.174. The molecule has 2 heterocycles. The van der Waals surface area contributed by atoms with E-state index < -0.39 is 0 Å². The van der Waals surface area contributed by atoms with E-state index in [1.54, 1.807) is 24.3 Å². The molecule has 6 heteroatoms. The van der Waals surface area contributed by atoms with Gasteiger partial charge in [-0.2, -0.15) is 0 Å².